The number of hydrogen-bond acceptors (Lipinski definition) is 6. The Morgan fingerprint density at radius 3 is 2.53 bits per heavy atom. The monoisotopic (exact) mass is 434 g/mol. The van der Waals surface area contributed by atoms with E-state index in [2.05, 4.69) is 0 Å². The van der Waals surface area contributed by atoms with Gasteiger partial charge in [-0.15, -0.1) is 0 Å². The van der Waals surface area contributed by atoms with Gasteiger partial charge in [0.05, 0.1) is 19.8 Å². The highest BCUT2D eigenvalue weighted by molar-refractivity contribution is 6.31. The fourth-order valence-corrected chi connectivity index (χ4v) is 4.41. The van der Waals surface area contributed by atoms with Crippen molar-refractivity contribution in [3.63, 3.8) is 0 Å². The lowest BCUT2D eigenvalue weighted by Crippen LogP contribution is -2.73. The van der Waals surface area contributed by atoms with Crippen LogP contribution in [0.4, 0.5) is 0 Å². The Kier molecular flexibility index (Phi) is 6.34. The molecule has 7 heteroatoms. The number of methoxy groups -OCH3 is 1. The molecule has 30 heavy (non-hydrogen) atoms. The van der Waals surface area contributed by atoms with E-state index in [0.29, 0.717) is 24.7 Å². The Hall–Kier alpha value is -1.67. The van der Waals surface area contributed by atoms with Crippen LogP contribution in [0.15, 0.2) is 42.5 Å². The summed E-state index contributed by atoms with van der Waals surface area (Å²) in [5, 5.41) is 21.9. The summed E-state index contributed by atoms with van der Waals surface area (Å²) in [6, 6.07) is 13.4. The van der Waals surface area contributed by atoms with E-state index in [0.717, 1.165) is 22.4 Å². The van der Waals surface area contributed by atoms with E-state index in [-0.39, 0.29) is 6.61 Å². The van der Waals surface area contributed by atoms with Crippen LogP contribution in [0.3, 0.4) is 0 Å². The Bertz CT molecular complexity index is 872. The van der Waals surface area contributed by atoms with Crippen molar-refractivity contribution >= 4 is 11.6 Å². The summed E-state index contributed by atoms with van der Waals surface area (Å²) >= 11 is 6.45. The first-order valence-corrected chi connectivity index (χ1v) is 10.5. The first kappa shape index (κ1) is 21.6. The molecule has 0 saturated carbocycles. The summed E-state index contributed by atoms with van der Waals surface area (Å²) in [5.74, 6) is 0.828. The molecule has 2 heterocycles. The summed E-state index contributed by atoms with van der Waals surface area (Å²) in [6.07, 6.45) is -2.84. The zero-order valence-corrected chi connectivity index (χ0v) is 17.8. The molecule has 2 N–H and O–H groups in total. The van der Waals surface area contributed by atoms with Crippen molar-refractivity contribution in [2.45, 2.75) is 43.4 Å². The predicted octanol–water partition coefficient (Wildman–Crippen LogP) is 2.91. The average molecular weight is 435 g/mol. The van der Waals surface area contributed by atoms with E-state index in [4.69, 9.17) is 30.5 Å². The number of ether oxygens (including phenoxy) is 4. The third-order valence-electron chi connectivity index (χ3n) is 5.77. The van der Waals surface area contributed by atoms with Gasteiger partial charge in [0.15, 0.2) is 0 Å². The first-order chi connectivity index (χ1) is 14.5. The maximum absolute atomic E-state index is 10.7. The smallest absolute Gasteiger partial charge is 0.144 e. The lowest BCUT2D eigenvalue weighted by atomic mass is 9.80. The molecule has 2 aromatic rings. The van der Waals surface area contributed by atoms with Crippen molar-refractivity contribution in [3.05, 3.63) is 64.2 Å². The minimum Gasteiger partial charge on any atom is -0.494 e. The van der Waals surface area contributed by atoms with Crippen LogP contribution >= 0.6 is 11.6 Å². The Morgan fingerprint density at radius 1 is 1.13 bits per heavy atom. The molecule has 2 fully saturated rings. The van der Waals surface area contributed by atoms with Gasteiger partial charge >= 0.3 is 0 Å². The highest BCUT2D eigenvalue weighted by Gasteiger charge is 2.61. The van der Waals surface area contributed by atoms with Crippen molar-refractivity contribution in [1.29, 1.82) is 0 Å². The second-order valence-electron chi connectivity index (χ2n) is 7.85. The Morgan fingerprint density at radius 2 is 1.90 bits per heavy atom. The molecule has 6 nitrogen and oxygen atoms in total. The van der Waals surface area contributed by atoms with Gasteiger partial charge in [0.1, 0.15) is 35.8 Å². The molecule has 0 amide bonds. The number of aliphatic hydroxyl groups is 2. The predicted molar refractivity (Wildman–Crippen MR) is 112 cm³/mol. The molecule has 2 aliphatic heterocycles. The maximum Gasteiger partial charge on any atom is 0.144 e. The van der Waals surface area contributed by atoms with Gasteiger partial charge in [0, 0.05) is 12.1 Å². The molecule has 0 bridgehead atoms. The second-order valence-corrected chi connectivity index (χ2v) is 8.26. The maximum atomic E-state index is 10.7. The Labute approximate surface area is 181 Å². The van der Waals surface area contributed by atoms with Crippen molar-refractivity contribution in [2.24, 2.45) is 0 Å². The molecule has 0 radical (unpaired) electrons. The minimum absolute atomic E-state index is 0.282. The van der Waals surface area contributed by atoms with E-state index in [1.807, 2.05) is 43.3 Å². The van der Waals surface area contributed by atoms with Gasteiger partial charge in [0.2, 0.25) is 0 Å². The van der Waals surface area contributed by atoms with E-state index >= 15 is 0 Å². The third kappa shape index (κ3) is 3.96. The van der Waals surface area contributed by atoms with Gasteiger partial charge in [-0.25, -0.2) is 0 Å². The quantitative estimate of drug-likeness (QED) is 0.697. The van der Waals surface area contributed by atoms with Gasteiger partial charge < -0.3 is 29.2 Å². The van der Waals surface area contributed by atoms with Crippen LogP contribution in [-0.4, -0.2) is 61.1 Å². The summed E-state index contributed by atoms with van der Waals surface area (Å²) < 4.78 is 22.5. The molecule has 2 aliphatic rings. The second kappa shape index (κ2) is 8.83. The number of fused-ring (bicyclic) bond motifs is 1. The van der Waals surface area contributed by atoms with Gasteiger partial charge in [-0.05, 0) is 48.2 Å². The summed E-state index contributed by atoms with van der Waals surface area (Å²) in [5.41, 5.74) is 2.00. The SMILES string of the molecule is CCOc1ccc(Cc2cc([C@@H]3O[C@@]4(COC)CO[C@H]4[C@H](O)[C@H]3O)ccc2Cl)cc1. The number of hydrogen-bond donors (Lipinski definition) is 2. The molecule has 2 aromatic carbocycles. The van der Waals surface area contributed by atoms with Crippen LogP contribution in [0.1, 0.15) is 29.7 Å². The van der Waals surface area contributed by atoms with E-state index in [9.17, 15) is 10.2 Å². The number of rotatable bonds is 7. The average Bonchev–Trinajstić information content (AvgIpc) is 2.72. The summed E-state index contributed by atoms with van der Waals surface area (Å²) in [4.78, 5) is 0. The molecule has 0 spiro atoms. The molecule has 0 unspecified atom stereocenters. The zero-order valence-electron chi connectivity index (χ0n) is 17.1. The highest BCUT2D eigenvalue weighted by atomic mass is 35.5. The van der Waals surface area contributed by atoms with Gasteiger partial charge in [0.25, 0.3) is 0 Å². The molecule has 4 rings (SSSR count). The van der Waals surface area contributed by atoms with E-state index in [1.54, 1.807) is 13.2 Å². The molecular weight excluding hydrogens is 408 g/mol. The third-order valence-corrected chi connectivity index (χ3v) is 6.14. The molecule has 0 aliphatic carbocycles. The number of halogens is 1. The van der Waals surface area contributed by atoms with Crippen LogP contribution in [-0.2, 0) is 20.6 Å². The van der Waals surface area contributed by atoms with E-state index < -0.39 is 30.0 Å². The standard InChI is InChI=1S/C23H27ClO6/c1-3-28-17-7-4-14(5-8-17)10-16-11-15(6-9-18(16)24)21-19(25)20(26)22-23(30-21,12-27-2)13-29-22/h4-9,11,19-22,25-26H,3,10,12-13H2,1-2H3/t19-,20-,21+,22+,23+/m1/s1. The van der Waals surface area contributed by atoms with Crippen LogP contribution in [0, 0.1) is 0 Å². The normalized spacial score (nSPS) is 30.4. The highest BCUT2D eigenvalue weighted by Crippen LogP contribution is 2.45. The molecule has 5 atom stereocenters. The van der Waals surface area contributed by atoms with Crippen LogP contribution < -0.4 is 4.74 Å². The lowest BCUT2D eigenvalue weighted by Gasteiger charge is -2.56. The largest absolute Gasteiger partial charge is 0.494 e. The van der Waals surface area contributed by atoms with Crippen molar-refractivity contribution in [1.82, 2.24) is 0 Å². The van der Waals surface area contributed by atoms with Crippen LogP contribution in [0.2, 0.25) is 5.02 Å². The zero-order chi connectivity index (χ0) is 21.3. The van der Waals surface area contributed by atoms with Crippen molar-refractivity contribution in [3.8, 4) is 5.75 Å². The van der Waals surface area contributed by atoms with E-state index in [1.165, 1.54) is 0 Å². The van der Waals surface area contributed by atoms with Crippen LogP contribution in [0.5, 0.6) is 5.75 Å². The van der Waals surface area contributed by atoms with Crippen molar-refractivity contribution in [2.75, 3.05) is 26.9 Å². The molecular formula is C23H27ClO6. The van der Waals surface area contributed by atoms with Crippen molar-refractivity contribution < 1.29 is 29.2 Å². The first-order valence-electron chi connectivity index (χ1n) is 10.1. The van der Waals surface area contributed by atoms with Gasteiger partial charge in [-0.1, -0.05) is 35.9 Å². The molecule has 0 aromatic heterocycles. The summed E-state index contributed by atoms with van der Waals surface area (Å²) in [6.45, 7) is 3.18. The summed E-state index contributed by atoms with van der Waals surface area (Å²) in [7, 11) is 1.58. The number of benzene rings is 2. The number of aliphatic hydroxyl groups excluding tert-OH is 2. The fourth-order valence-electron chi connectivity index (χ4n) is 4.22. The molecule has 2 saturated heterocycles. The fraction of sp³-hybridized carbons (Fsp3) is 0.478. The Balaban J connectivity index is 1.57. The van der Waals surface area contributed by atoms with Gasteiger partial charge in [-0.2, -0.15) is 0 Å². The van der Waals surface area contributed by atoms with Gasteiger partial charge in [-0.3, -0.25) is 0 Å². The topological polar surface area (TPSA) is 77.4 Å². The minimum atomic E-state index is -1.11. The van der Waals surface area contributed by atoms with Crippen LogP contribution in [0.25, 0.3) is 0 Å². The molecule has 162 valence electrons. The lowest BCUT2D eigenvalue weighted by molar-refractivity contribution is -0.365.